The van der Waals surface area contributed by atoms with E-state index < -0.39 is 0 Å². The summed E-state index contributed by atoms with van der Waals surface area (Å²) in [7, 11) is 0. The van der Waals surface area contributed by atoms with Crippen molar-refractivity contribution in [1.82, 2.24) is 9.13 Å². The Morgan fingerprint density at radius 2 is 0.754 bits per heavy atom. The molecule has 0 N–H and O–H groups in total. The van der Waals surface area contributed by atoms with Crippen molar-refractivity contribution in [3.8, 4) is 33.6 Å². The van der Waals surface area contributed by atoms with E-state index >= 15 is 0 Å². The van der Waals surface area contributed by atoms with Crippen LogP contribution in [-0.2, 0) is 0 Å². The van der Waals surface area contributed by atoms with Gasteiger partial charge < -0.3 is 14.0 Å². The van der Waals surface area contributed by atoms with Crippen molar-refractivity contribution >= 4 is 71.4 Å². The van der Waals surface area contributed by atoms with Gasteiger partial charge in [-0.25, -0.2) is 0 Å². The SMILES string of the molecule is c1ccc(-c2ccc(N(c3cccc(-c4ccc5c6ccccc6n(-c6ccccc6)c5c4)c3)c3ccc4c5ccccc5n(-c5ccc6ccccc6c5)c4c3)cc2)cc1. The fraction of sp³-hybridized carbons (Fsp3) is 0. The van der Waals surface area contributed by atoms with E-state index in [0.29, 0.717) is 0 Å². The normalized spacial score (nSPS) is 11.6. The van der Waals surface area contributed by atoms with Crippen molar-refractivity contribution in [3.63, 3.8) is 0 Å². The lowest BCUT2D eigenvalue weighted by molar-refractivity contribution is 1.18. The van der Waals surface area contributed by atoms with Crippen LogP contribution in [0.1, 0.15) is 0 Å². The molecule has 2 heterocycles. The topological polar surface area (TPSA) is 13.1 Å². The van der Waals surface area contributed by atoms with Gasteiger partial charge in [-0.1, -0.05) is 158 Å². The summed E-state index contributed by atoms with van der Waals surface area (Å²) in [5, 5.41) is 7.42. The van der Waals surface area contributed by atoms with Crippen molar-refractivity contribution in [3.05, 3.63) is 237 Å². The summed E-state index contributed by atoms with van der Waals surface area (Å²) in [6.45, 7) is 0. The van der Waals surface area contributed by atoms with E-state index in [2.05, 4.69) is 251 Å². The highest BCUT2D eigenvalue weighted by Gasteiger charge is 2.19. The second-order valence-electron chi connectivity index (χ2n) is 15.8. The Balaban J connectivity index is 1.04. The molecule has 12 aromatic rings. The monoisotopic (exact) mass is 777 g/mol. The fourth-order valence-corrected chi connectivity index (χ4v) is 9.40. The largest absolute Gasteiger partial charge is 0.310 e. The van der Waals surface area contributed by atoms with Gasteiger partial charge in [0.25, 0.3) is 0 Å². The zero-order valence-electron chi connectivity index (χ0n) is 33.4. The molecule has 0 aliphatic carbocycles. The van der Waals surface area contributed by atoms with E-state index in [9.17, 15) is 0 Å². The quantitative estimate of drug-likeness (QED) is 0.157. The van der Waals surface area contributed by atoms with E-state index in [1.165, 1.54) is 65.6 Å². The average Bonchev–Trinajstić information content (AvgIpc) is 3.84. The molecule has 2 aromatic heterocycles. The summed E-state index contributed by atoms with van der Waals surface area (Å²) >= 11 is 0. The van der Waals surface area contributed by atoms with Crippen LogP contribution in [-0.4, -0.2) is 9.13 Å². The van der Waals surface area contributed by atoms with E-state index in [4.69, 9.17) is 0 Å². The van der Waals surface area contributed by atoms with E-state index in [1.807, 2.05) is 0 Å². The summed E-state index contributed by atoms with van der Waals surface area (Å²) in [5.74, 6) is 0. The molecule has 0 fully saturated rings. The molecular formula is C58H39N3. The van der Waals surface area contributed by atoms with Gasteiger partial charge in [-0.2, -0.15) is 0 Å². The zero-order chi connectivity index (χ0) is 40.3. The number of aromatic nitrogens is 2. The molecule has 0 amide bonds. The van der Waals surface area contributed by atoms with Gasteiger partial charge in [0.05, 0.1) is 22.1 Å². The summed E-state index contributed by atoms with van der Waals surface area (Å²) in [6.07, 6.45) is 0. The maximum atomic E-state index is 2.43. The molecule has 10 aromatic carbocycles. The smallest absolute Gasteiger partial charge is 0.0561 e. The first-order chi connectivity index (χ1) is 30.2. The minimum absolute atomic E-state index is 1.08. The zero-order valence-corrected chi connectivity index (χ0v) is 33.4. The van der Waals surface area contributed by atoms with Gasteiger partial charge in [-0.05, 0) is 112 Å². The minimum atomic E-state index is 1.08. The number of anilines is 3. The lowest BCUT2D eigenvalue weighted by atomic mass is 10.0. The number of benzene rings is 10. The number of rotatable bonds is 7. The van der Waals surface area contributed by atoms with E-state index in [1.54, 1.807) is 0 Å². The van der Waals surface area contributed by atoms with Crippen molar-refractivity contribution in [2.75, 3.05) is 4.90 Å². The first-order valence-electron chi connectivity index (χ1n) is 20.9. The van der Waals surface area contributed by atoms with Gasteiger partial charge in [0.1, 0.15) is 0 Å². The van der Waals surface area contributed by atoms with Crippen LogP contribution in [0.2, 0.25) is 0 Å². The first kappa shape index (κ1) is 34.9. The maximum absolute atomic E-state index is 2.43. The predicted molar refractivity (Wildman–Crippen MR) is 258 cm³/mol. The minimum Gasteiger partial charge on any atom is -0.310 e. The third-order valence-corrected chi connectivity index (χ3v) is 12.3. The molecule has 0 radical (unpaired) electrons. The highest BCUT2D eigenvalue weighted by atomic mass is 15.1. The van der Waals surface area contributed by atoms with Crippen LogP contribution in [0.3, 0.4) is 0 Å². The molecule has 0 unspecified atom stereocenters. The number of nitrogens with zero attached hydrogens (tertiary/aromatic N) is 3. The van der Waals surface area contributed by atoms with Gasteiger partial charge in [-0.3, -0.25) is 0 Å². The first-order valence-corrected chi connectivity index (χ1v) is 20.9. The van der Waals surface area contributed by atoms with Crippen LogP contribution in [0.25, 0.3) is 88.0 Å². The molecule has 0 aliphatic rings. The van der Waals surface area contributed by atoms with Crippen molar-refractivity contribution in [1.29, 1.82) is 0 Å². The Hall–Kier alpha value is -8.14. The van der Waals surface area contributed by atoms with Crippen LogP contribution in [0.15, 0.2) is 237 Å². The summed E-state index contributed by atoms with van der Waals surface area (Å²) in [4.78, 5) is 2.40. The molecule has 0 bridgehead atoms. The maximum Gasteiger partial charge on any atom is 0.0561 e. The Bertz CT molecular complexity index is 3580. The van der Waals surface area contributed by atoms with Gasteiger partial charge in [0.2, 0.25) is 0 Å². The van der Waals surface area contributed by atoms with Gasteiger partial charge in [-0.15, -0.1) is 0 Å². The van der Waals surface area contributed by atoms with Crippen molar-refractivity contribution in [2.24, 2.45) is 0 Å². The third-order valence-electron chi connectivity index (χ3n) is 12.3. The van der Waals surface area contributed by atoms with Crippen LogP contribution >= 0.6 is 0 Å². The van der Waals surface area contributed by atoms with Gasteiger partial charge in [0, 0.05) is 50.0 Å². The molecule has 3 heteroatoms. The number of para-hydroxylation sites is 3. The average molecular weight is 778 g/mol. The summed E-state index contributed by atoms with van der Waals surface area (Å²) in [5.41, 5.74) is 15.0. The molecule has 61 heavy (non-hydrogen) atoms. The number of hydrogen-bond donors (Lipinski definition) is 0. The highest BCUT2D eigenvalue weighted by Crippen LogP contribution is 2.42. The predicted octanol–water partition coefficient (Wildman–Crippen LogP) is 15.8. The Labute approximate surface area is 354 Å². The lowest BCUT2D eigenvalue weighted by Crippen LogP contribution is -2.10. The van der Waals surface area contributed by atoms with Crippen LogP contribution in [0.5, 0.6) is 0 Å². The van der Waals surface area contributed by atoms with E-state index in [-0.39, 0.29) is 0 Å². The number of hydrogen-bond acceptors (Lipinski definition) is 1. The Morgan fingerprint density at radius 3 is 1.51 bits per heavy atom. The molecule has 3 nitrogen and oxygen atoms in total. The van der Waals surface area contributed by atoms with E-state index in [0.717, 1.165) is 39.5 Å². The molecule has 0 saturated carbocycles. The van der Waals surface area contributed by atoms with Crippen molar-refractivity contribution in [2.45, 2.75) is 0 Å². The third kappa shape index (κ3) is 5.90. The summed E-state index contributed by atoms with van der Waals surface area (Å²) in [6, 6.07) is 86.0. The fourth-order valence-electron chi connectivity index (χ4n) is 9.40. The van der Waals surface area contributed by atoms with Crippen LogP contribution in [0, 0.1) is 0 Å². The molecule has 0 spiro atoms. The molecular weight excluding hydrogens is 739 g/mol. The molecule has 0 aliphatic heterocycles. The Morgan fingerprint density at radius 1 is 0.246 bits per heavy atom. The summed E-state index contributed by atoms with van der Waals surface area (Å²) < 4.78 is 4.82. The van der Waals surface area contributed by atoms with Crippen LogP contribution in [0.4, 0.5) is 17.1 Å². The van der Waals surface area contributed by atoms with Crippen molar-refractivity contribution < 1.29 is 0 Å². The molecule has 0 atom stereocenters. The van der Waals surface area contributed by atoms with Crippen LogP contribution < -0.4 is 4.90 Å². The second kappa shape index (κ2) is 14.3. The molecule has 286 valence electrons. The lowest BCUT2D eigenvalue weighted by Gasteiger charge is -2.26. The molecule has 0 saturated heterocycles. The molecule has 12 rings (SSSR count). The Kier molecular flexibility index (Phi) is 8.17. The van der Waals surface area contributed by atoms with Gasteiger partial charge in [0.15, 0.2) is 0 Å². The van der Waals surface area contributed by atoms with Gasteiger partial charge >= 0.3 is 0 Å². The highest BCUT2D eigenvalue weighted by molar-refractivity contribution is 6.12. The standard InChI is InChI=1S/C58H39N3/c1-3-14-40(15-4-1)42-26-30-47(31-27-42)59(50-33-35-54-52-23-10-12-25-56(52)61(58(54)39-50)49-32-28-41-16-7-8-17-43(41)36-49)48-21-13-18-44(37-48)45-29-34-53-51-22-9-11-24-55(51)60(57(53)38-45)46-19-5-2-6-20-46/h1-39H. The number of fused-ring (bicyclic) bond motifs is 7. The second-order valence-corrected chi connectivity index (χ2v) is 15.8.